The Kier molecular flexibility index (Phi) is 2.55. The van der Waals surface area contributed by atoms with E-state index in [9.17, 15) is 14.7 Å². The van der Waals surface area contributed by atoms with Gasteiger partial charge in [0.25, 0.3) is 5.56 Å². The van der Waals surface area contributed by atoms with E-state index in [0.717, 1.165) is 18.4 Å². The average Bonchev–Trinajstić information content (AvgIpc) is 3.12. The summed E-state index contributed by atoms with van der Waals surface area (Å²) in [5.74, 6) is -0.234. The van der Waals surface area contributed by atoms with Crippen LogP contribution in [-0.4, -0.2) is 14.7 Å². The van der Waals surface area contributed by atoms with Gasteiger partial charge < -0.3 is 5.11 Å². The van der Waals surface area contributed by atoms with E-state index in [2.05, 4.69) is 4.98 Å². The minimum atomic E-state index is -0.551. The summed E-state index contributed by atoms with van der Waals surface area (Å²) >= 11 is 0. The molecule has 2 aromatic rings. The molecule has 1 saturated carbocycles. The third-order valence-electron chi connectivity index (χ3n) is 3.34. The number of aromatic nitrogens is 2. The molecular formula is C14H14N2O3. The summed E-state index contributed by atoms with van der Waals surface area (Å²) in [7, 11) is 0. The van der Waals surface area contributed by atoms with Crippen LogP contribution in [0.1, 0.15) is 24.4 Å². The summed E-state index contributed by atoms with van der Waals surface area (Å²) < 4.78 is 1.28. The zero-order chi connectivity index (χ0) is 13.6. The molecule has 0 atom stereocenters. The average molecular weight is 258 g/mol. The van der Waals surface area contributed by atoms with Crippen LogP contribution in [0.15, 0.2) is 33.9 Å². The Morgan fingerprint density at radius 2 is 2.05 bits per heavy atom. The van der Waals surface area contributed by atoms with E-state index in [1.54, 1.807) is 6.07 Å². The smallest absolute Gasteiger partial charge is 0.331 e. The van der Waals surface area contributed by atoms with Crippen molar-refractivity contribution < 1.29 is 5.11 Å². The number of hydrogen-bond acceptors (Lipinski definition) is 3. The molecule has 1 aliphatic rings. The molecule has 98 valence electrons. The van der Waals surface area contributed by atoms with Crippen molar-refractivity contribution in [3.63, 3.8) is 0 Å². The van der Waals surface area contributed by atoms with Crippen molar-refractivity contribution in [2.24, 2.45) is 0 Å². The van der Waals surface area contributed by atoms with Crippen molar-refractivity contribution in [3.8, 4) is 17.0 Å². The lowest BCUT2D eigenvalue weighted by molar-refractivity contribution is 0.405. The van der Waals surface area contributed by atoms with Crippen molar-refractivity contribution >= 4 is 0 Å². The zero-order valence-corrected chi connectivity index (χ0v) is 10.5. The quantitative estimate of drug-likeness (QED) is 0.858. The highest BCUT2D eigenvalue weighted by Crippen LogP contribution is 2.38. The van der Waals surface area contributed by atoms with Crippen LogP contribution >= 0.6 is 0 Å². The van der Waals surface area contributed by atoms with Gasteiger partial charge in [0.2, 0.25) is 5.88 Å². The second-order valence-electron chi connectivity index (χ2n) is 4.93. The molecule has 1 aliphatic carbocycles. The lowest BCUT2D eigenvalue weighted by Crippen LogP contribution is -2.30. The second-order valence-corrected chi connectivity index (χ2v) is 4.93. The SMILES string of the molecule is Cc1cccc(-c2c(O)n(C3CC3)c(=O)[nH]c2=O)c1. The first-order chi connectivity index (χ1) is 9.08. The first-order valence-corrected chi connectivity index (χ1v) is 6.23. The van der Waals surface area contributed by atoms with E-state index in [1.165, 1.54) is 4.57 Å². The van der Waals surface area contributed by atoms with Crippen LogP contribution in [0.2, 0.25) is 0 Å². The molecule has 0 saturated heterocycles. The number of rotatable bonds is 2. The minimum Gasteiger partial charge on any atom is -0.494 e. The van der Waals surface area contributed by atoms with Crippen LogP contribution in [0.4, 0.5) is 0 Å². The van der Waals surface area contributed by atoms with Crippen LogP contribution in [0.5, 0.6) is 5.88 Å². The Balaban J connectivity index is 2.29. The molecule has 0 bridgehead atoms. The number of nitrogens with one attached hydrogen (secondary N) is 1. The van der Waals surface area contributed by atoms with E-state index in [-0.39, 0.29) is 17.5 Å². The molecule has 2 N–H and O–H groups in total. The number of nitrogens with zero attached hydrogens (tertiary/aromatic N) is 1. The van der Waals surface area contributed by atoms with Crippen molar-refractivity contribution in [1.29, 1.82) is 0 Å². The standard InChI is InChI=1S/C14H14N2O3/c1-8-3-2-4-9(7-8)11-12(17)15-14(19)16(13(11)18)10-5-6-10/h2-4,7,10,18H,5-6H2,1H3,(H,15,17,19). The Morgan fingerprint density at radius 3 is 2.68 bits per heavy atom. The topological polar surface area (TPSA) is 75.1 Å². The summed E-state index contributed by atoms with van der Waals surface area (Å²) in [5, 5.41) is 10.2. The predicted molar refractivity (Wildman–Crippen MR) is 71.4 cm³/mol. The number of hydrogen-bond donors (Lipinski definition) is 2. The van der Waals surface area contributed by atoms with Gasteiger partial charge in [0, 0.05) is 6.04 Å². The van der Waals surface area contributed by atoms with Gasteiger partial charge in [-0.15, -0.1) is 0 Å². The van der Waals surface area contributed by atoms with Crippen molar-refractivity contribution in [1.82, 2.24) is 9.55 Å². The maximum absolute atomic E-state index is 11.9. The summed E-state index contributed by atoms with van der Waals surface area (Å²) in [6.07, 6.45) is 1.71. The Morgan fingerprint density at radius 1 is 1.32 bits per heavy atom. The highest BCUT2D eigenvalue weighted by molar-refractivity contribution is 5.68. The molecule has 19 heavy (non-hydrogen) atoms. The fourth-order valence-electron chi connectivity index (χ4n) is 2.27. The van der Waals surface area contributed by atoms with E-state index < -0.39 is 11.2 Å². The number of aryl methyl sites for hydroxylation is 1. The summed E-state index contributed by atoms with van der Waals surface area (Å²) in [6.45, 7) is 1.91. The molecule has 0 spiro atoms. The Hall–Kier alpha value is -2.30. The lowest BCUT2D eigenvalue weighted by atomic mass is 10.1. The monoisotopic (exact) mass is 258 g/mol. The van der Waals surface area contributed by atoms with Gasteiger partial charge >= 0.3 is 5.69 Å². The van der Waals surface area contributed by atoms with Crippen molar-refractivity contribution in [2.75, 3.05) is 0 Å². The van der Waals surface area contributed by atoms with Gasteiger partial charge in [-0.25, -0.2) is 4.79 Å². The summed E-state index contributed by atoms with van der Waals surface area (Å²) in [6, 6.07) is 7.29. The highest BCUT2D eigenvalue weighted by Gasteiger charge is 2.29. The highest BCUT2D eigenvalue weighted by atomic mass is 16.3. The number of aromatic amines is 1. The molecule has 0 aliphatic heterocycles. The van der Waals surface area contributed by atoms with E-state index in [4.69, 9.17) is 0 Å². The van der Waals surface area contributed by atoms with Crippen LogP contribution in [0.25, 0.3) is 11.1 Å². The normalized spacial score (nSPS) is 14.6. The molecule has 1 aromatic heterocycles. The second kappa shape index (κ2) is 4.12. The third kappa shape index (κ3) is 1.97. The van der Waals surface area contributed by atoms with Gasteiger partial charge in [-0.05, 0) is 25.3 Å². The summed E-state index contributed by atoms with van der Waals surface area (Å²) in [4.78, 5) is 26.0. The number of aromatic hydroxyl groups is 1. The summed E-state index contributed by atoms with van der Waals surface area (Å²) in [5.41, 5.74) is 0.676. The largest absolute Gasteiger partial charge is 0.494 e. The van der Waals surface area contributed by atoms with Gasteiger partial charge in [-0.2, -0.15) is 0 Å². The Bertz CT molecular complexity index is 754. The fraction of sp³-hybridized carbons (Fsp3) is 0.286. The molecule has 5 nitrogen and oxygen atoms in total. The van der Waals surface area contributed by atoms with Gasteiger partial charge in [0.1, 0.15) is 5.56 Å². The molecule has 0 amide bonds. The first-order valence-electron chi connectivity index (χ1n) is 6.23. The van der Waals surface area contributed by atoms with Crippen LogP contribution < -0.4 is 11.2 Å². The number of H-pyrrole nitrogens is 1. The molecule has 0 unspecified atom stereocenters. The van der Waals surface area contributed by atoms with Crippen molar-refractivity contribution in [3.05, 3.63) is 50.7 Å². The van der Waals surface area contributed by atoms with Gasteiger partial charge in [-0.1, -0.05) is 29.8 Å². The van der Waals surface area contributed by atoms with E-state index in [1.807, 2.05) is 25.1 Å². The van der Waals surface area contributed by atoms with Crippen molar-refractivity contribution in [2.45, 2.75) is 25.8 Å². The predicted octanol–water partition coefficient (Wildman–Crippen LogP) is 1.55. The molecule has 1 fully saturated rings. The van der Waals surface area contributed by atoms with Gasteiger partial charge in [-0.3, -0.25) is 14.3 Å². The molecule has 5 heteroatoms. The van der Waals surface area contributed by atoms with E-state index >= 15 is 0 Å². The molecule has 0 radical (unpaired) electrons. The minimum absolute atomic E-state index is 0.00732. The molecule has 1 aromatic carbocycles. The van der Waals surface area contributed by atoms with Crippen LogP contribution in [0.3, 0.4) is 0 Å². The van der Waals surface area contributed by atoms with Gasteiger partial charge in [0.05, 0.1) is 0 Å². The third-order valence-corrected chi connectivity index (χ3v) is 3.34. The maximum atomic E-state index is 11.9. The fourth-order valence-corrected chi connectivity index (χ4v) is 2.27. The van der Waals surface area contributed by atoms with Crippen LogP contribution in [-0.2, 0) is 0 Å². The zero-order valence-electron chi connectivity index (χ0n) is 10.5. The maximum Gasteiger partial charge on any atom is 0.331 e. The molecule has 1 heterocycles. The first kappa shape index (κ1) is 11.8. The van der Waals surface area contributed by atoms with Gasteiger partial charge in [0.15, 0.2) is 0 Å². The molecule has 3 rings (SSSR count). The molecular weight excluding hydrogens is 244 g/mol. The van der Waals surface area contributed by atoms with Crippen LogP contribution in [0, 0.1) is 6.92 Å². The lowest BCUT2D eigenvalue weighted by Gasteiger charge is -2.10. The van der Waals surface area contributed by atoms with E-state index in [0.29, 0.717) is 5.56 Å². The Labute approximate surface area is 109 Å². The number of benzene rings is 1.